The van der Waals surface area contributed by atoms with Crippen LogP contribution in [-0.4, -0.2) is 66.7 Å². The number of hydrogen-bond donors (Lipinski definition) is 3. The molecular weight excluding hydrogens is 489 g/mol. The van der Waals surface area contributed by atoms with Crippen LogP contribution in [0.4, 0.5) is 13.2 Å². The molecule has 1 heterocycles. The minimum atomic E-state index is -5.08. The molecule has 3 N–H and O–H groups in total. The van der Waals surface area contributed by atoms with Crippen LogP contribution in [0.2, 0.25) is 0 Å². The van der Waals surface area contributed by atoms with Crippen molar-refractivity contribution in [1.29, 1.82) is 5.26 Å². The van der Waals surface area contributed by atoms with E-state index in [2.05, 4.69) is 16.7 Å². The predicted molar refractivity (Wildman–Crippen MR) is 130 cm³/mol. The number of carbonyl (C=O) groups excluding carboxylic acids is 2. The molecule has 2 aromatic carbocycles. The highest BCUT2D eigenvalue weighted by molar-refractivity contribution is 5.95. The van der Waals surface area contributed by atoms with Crippen LogP contribution in [0.25, 0.3) is 11.1 Å². The molecule has 11 heteroatoms. The highest BCUT2D eigenvalue weighted by Gasteiger charge is 2.38. The maximum Gasteiger partial charge on any atom is 0.490 e. The Morgan fingerprint density at radius 1 is 1.14 bits per heavy atom. The summed E-state index contributed by atoms with van der Waals surface area (Å²) in [6.45, 7) is 0.845. The minimum Gasteiger partial charge on any atom is -0.475 e. The zero-order valence-corrected chi connectivity index (χ0v) is 20.5. The maximum absolute atomic E-state index is 12.4. The van der Waals surface area contributed by atoms with Crippen LogP contribution in [0.5, 0.6) is 0 Å². The summed E-state index contributed by atoms with van der Waals surface area (Å²) in [6.07, 6.45) is -1.70. The second-order valence-electron chi connectivity index (χ2n) is 8.68. The Labute approximate surface area is 213 Å². The van der Waals surface area contributed by atoms with Gasteiger partial charge in [-0.15, -0.1) is 0 Å². The Balaban J connectivity index is 0.000000604. The lowest BCUT2D eigenvalue weighted by Crippen LogP contribution is -2.49. The topological polar surface area (TPSA) is 123 Å². The second kappa shape index (κ2) is 13.4. The van der Waals surface area contributed by atoms with Gasteiger partial charge in [0.2, 0.25) is 5.91 Å². The average Bonchev–Trinajstić information content (AvgIpc) is 2.88. The van der Waals surface area contributed by atoms with Gasteiger partial charge in [0.1, 0.15) is 6.04 Å². The van der Waals surface area contributed by atoms with E-state index in [9.17, 15) is 28.0 Å². The van der Waals surface area contributed by atoms with Crippen LogP contribution in [-0.2, 0) is 16.0 Å². The van der Waals surface area contributed by atoms with Gasteiger partial charge in [-0.3, -0.25) is 9.59 Å². The van der Waals surface area contributed by atoms with E-state index in [-0.39, 0.29) is 17.9 Å². The summed E-state index contributed by atoms with van der Waals surface area (Å²) in [6, 6.07) is 16.9. The number of hydrogen-bond acceptors (Lipinski definition) is 5. The van der Waals surface area contributed by atoms with Gasteiger partial charge in [0.25, 0.3) is 5.91 Å². The van der Waals surface area contributed by atoms with Gasteiger partial charge in [0.15, 0.2) is 0 Å². The number of nitriles is 1. The molecule has 3 rings (SSSR count). The first kappa shape index (κ1) is 29.3. The molecule has 37 heavy (non-hydrogen) atoms. The van der Waals surface area contributed by atoms with Crippen molar-refractivity contribution < 1.29 is 32.7 Å². The Morgan fingerprint density at radius 3 is 2.30 bits per heavy atom. The maximum atomic E-state index is 12.4. The molecule has 8 nitrogen and oxygen atoms in total. The van der Waals surface area contributed by atoms with E-state index in [1.165, 1.54) is 0 Å². The number of alkyl halides is 3. The molecule has 0 bridgehead atoms. The van der Waals surface area contributed by atoms with E-state index in [1.54, 1.807) is 19.0 Å². The smallest absolute Gasteiger partial charge is 0.475 e. The number of benzene rings is 2. The summed E-state index contributed by atoms with van der Waals surface area (Å²) < 4.78 is 31.7. The standard InChI is InChI=1S/C24H28N4O2.C2HF3O2/c1-28(2)24(30)20-7-5-6-19(15-20)18-11-9-17(10-12-18)14-21(16-25)27-23(29)22-8-3-4-13-26-22;3-2(4,5)1(6)7/h5-7,9-12,15,21-22,26H,3-4,8,13-14H2,1-2H3,(H,27,29);(H,6,7)/t21-,22-;/m0./s1. The molecule has 2 aromatic rings. The van der Waals surface area contributed by atoms with Gasteiger partial charge in [-0.25, -0.2) is 4.79 Å². The van der Waals surface area contributed by atoms with Crippen molar-refractivity contribution >= 4 is 17.8 Å². The molecule has 0 aromatic heterocycles. The van der Waals surface area contributed by atoms with Crippen LogP contribution in [0.15, 0.2) is 48.5 Å². The van der Waals surface area contributed by atoms with E-state index in [0.717, 1.165) is 42.5 Å². The molecule has 1 saturated heterocycles. The Bertz CT molecular complexity index is 1120. The summed E-state index contributed by atoms with van der Waals surface area (Å²) in [5.74, 6) is -2.89. The van der Waals surface area contributed by atoms with Crippen molar-refractivity contribution in [2.45, 2.75) is 43.9 Å². The lowest BCUT2D eigenvalue weighted by molar-refractivity contribution is -0.192. The van der Waals surface area contributed by atoms with E-state index in [0.29, 0.717) is 12.0 Å². The number of amides is 2. The largest absolute Gasteiger partial charge is 0.490 e. The molecule has 0 unspecified atom stereocenters. The van der Waals surface area contributed by atoms with E-state index >= 15 is 0 Å². The zero-order valence-electron chi connectivity index (χ0n) is 20.5. The highest BCUT2D eigenvalue weighted by atomic mass is 19.4. The summed E-state index contributed by atoms with van der Waals surface area (Å²) >= 11 is 0. The van der Waals surface area contributed by atoms with Crippen LogP contribution in [0.3, 0.4) is 0 Å². The molecular formula is C26H29F3N4O4. The summed E-state index contributed by atoms with van der Waals surface area (Å²) in [7, 11) is 3.47. The Hall–Kier alpha value is -3.91. The van der Waals surface area contributed by atoms with Crippen LogP contribution < -0.4 is 10.6 Å². The normalized spacial score (nSPS) is 15.8. The monoisotopic (exact) mass is 518 g/mol. The van der Waals surface area contributed by atoms with E-state index in [1.807, 2.05) is 48.5 Å². The first-order valence-electron chi connectivity index (χ1n) is 11.6. The van der Waals surface area contributed by atoms with Gasteiger partial charge in [0, 0.05) is 26.1 Å². The summed E-state index contributed by atoms with van der Waals surface area (Å²) in [5.41, 5.74) is 3.58. The Morgan fingerprint density at radius 2 is 1.78 bits per heavy atom. The quantitative estimate of drug-likeness (QED) is 0.539. The Kier molecular flexibility index (Phi) is 10.6. The number of rotatable bonds is 6. The average molecular weight is 519 g/mol. The fraction of sp³-hybridized carbons (Fsp3) is 0.385. The summed E-state index contributed by atoms with van der Waals surface area (Å²) in [4.78, 5) is 35.0. The lowest BCUT2D eigenvalue weighted by Gasteiger charge is -2.23. The number of aliphatic carboxylic acids is 1. The minimum absolute atomic E-state index is 0.0338. The number of nitrogens with zero attached hydrogens (tertiary/aromatic N) is 2. The van der Waals surface area contributed by atoms with Gasteiger partial charge in [-0.1, -0.05) is 42.8 Å². The number of carboxylic acids is 1. The molecule has 2 amide bonds. The van der Waals surface area contributed by atoms with Crippen molar-refractivity contribution in [3.63, 3.8) is 0 Å². The third-order valence-corrected chi connectivity index (χ3v) is 5.58. The van der Waals surface area contributed by atoms with Crippen molar-refractivity contribution in [3.8, 4) is 17.2 Å². The molecule has 1 aliphatic rings. The van der Waals surface area contributed by atoms with Crippen molar-refractivity contribution in [1.82, 2.24) is 15.5 Å². The van der Waals surface area contributed by atoms with Crippen molar-refractivity contribution in [2.24, 2.45) is 0 Å². The van der Waals surface area contributed by atoms with Crippen molar-refractivity contribution in [2.75, 3.05) is 20.6 Å². The number of piperidine rings is 1. The summed E-state index contributed by atoms with van der Waals surface area (Å²) in [5, 5.41) is 22.7. The van der Waals surface area contributed by atoms with Gasteiger partial charge in [0.05, 0.1) is 12.1 Å². The first-order chi connectivity index (χ1) is 17.4. The predicted octanol–water partition coefficient (Wildman–Crippen LogP) is 3.38. The van der Waals surface area contributed by atoms with Gasteiger partial charge < -0.3 is 20.6 Å². The van der Waals surface area contributed by atoms with Crippen LogP contribution in [0.1, 0.15) is 35.2 Å². The van der Waals surface area contributed by atoms with Gasteiger partial charge >= 0.3 is 12.1 Å². The highest BCUT2D eigenvalue weighted by Crippen LogP contribution is 2.22. The van der Waals surface area contributed by atoms with Gasteiger partial charge in [-0.2, -0.15) is 18.4 Å². The van der Waals surface area contributed by atoms with Crippen molar-refractivity contribution in [3.05, 3.63) is 59.7 Å². The lowest BCUT2D eigenvalue weighted by atomic mass is 9.99. The van der Waals surface area contributed by atoms with Crippen LogP contribution in [0, 0.1) is 11.3 Å². The first-order valence-corrected chi connectivity index (χ1v) is 11.6. The zero-order chi connectivity index (χ0) is 27.6. The molecule has 1 fully saturated rings. The third-order valence-electron chi connectivity index (χ3n) is 5.58. The molecule has 0 spiro atoms. The molecule has 1 aliphatic heterocycles. The SMILES string of the molecule is CN(C)C(=O)c1cccc(-c2ccc(C[C@@H](C#N)NC(=O)[C@@H]3CCCCN3)cc2)c1.O=C(O)C(F)(F)F. The fourth-order valence-electron chi connectivity index (χ4n) is 3.64. The number of halogens is 3. The van der Waals surface area contributed by atoms with Gasteiger partial charge in [-0.05, 0) is 48.2 Å². The number of carboxylic acid groups (broad SMARTS) is 1. The molecule has 0 radical (unpaired) electrons. The molecule has 0 saturated carbocycles. The van der Waals surface area contributed by atoms with E-state index < -0.39 is 18.2 Å². The second-order valence-corrected chi connectivity index (χ2v) is 8.68. The van der Waals surface area contributed by atoms with E-state index in [4.69, 9.17) is 9.90 Å². The third kappa shape index (κ3) is 9.24. The molecule has 0 aliphatic carbocycles. The number of nitrogens with one attached hydrogen (secondary N) is 2. The number of carbonyl (C=O) groups is 3. The molecule has 198 valence electrons. The molecule has 2 atom stereocenters. The van der Waals surface area contributed by atoms with Crippen LogP contribution >= 0.6 is 0 Å². The fourth-order valence-corrected chi connectivity index (χ4v) is 3.64.